The average Bonchev–Trinajstić information content (AvgIpc) is 2.67. The molecule has 0 spiro atoms. The molecule has 1 atom stereocenters. The van der Waals surface area contributed by atoms with Crippen molar-refractivity contribution in [2.75, 3.05) is 0 Å². The molecular formula is C12H15N3OSi. The third-order valence-corrected chi connectivity index (χ3v) is 3.18. The van der Waals surface area contributed by atoms with Crippen LogP contribution in [0.3, 0.4) is 0 Å². The fraction of sp³-hybridized carbons (Fsp3) is 0.333. The van der Waals surface area contributed by atoms with Crippen LogP contribution in [0.5, 0.6) is 0 Å². The number of hydrogen-bond acceptors (Lipinski definition) is 3. The van der Waals surface area contributed by atoms with E-state index in [0.29, 0.717) is 5.69 Å². The maximum absolute atomic E-state index is 9.17. The summed E-state index contributed by atoms with van der Waals surface area (Å²) in [5.74, 6) is 0. The largest absolute Gasteiger partial charge is 0.398 e. The monoisotopic (exact) mass is 245 g/mol. The first-order valence-electron chi connectivity index (χ1n) is 5.51. The minimum Gasteiger partial charge on any atom is -0.398 e. The van der Waals surface area contributed by atoms with Gasteiger partial charge in [0.05, 0.1) is 6.07 Å². The van der Waals surface area contributed by atoms with Gasteiger partial charge in [-0.1, -0.05) is 6.07 Å². The number of nitriles is 1. The van der Waals surface area contributed by atoms with Gasteiger partial charge in [0.25, 0.3) is 0 Å². The van der Waals surface area contributed by atoms with Crippen molar-refractivity contribution in [2.24, 2.45) is 0 Å². The number of fused-ring (bicyclic) bond motifs is 1. The molecule has 0 aliphatic rings. The van der Waals surface area contributed by atoms with Gasteiger partial charge in [-0.15, -0.1) is 0 Å². The van der Waals surface area contributed by atoms with E-state index in [1.807, 2.05) is 35.0 Å². The molecule has 4 nitrogen and oxygen atoms in total. The van der Waals surface area contributed by atoms with Crippen molar-refractivity contribution in [1.29, 1.82) is 5.26 Å². The predicted molar refractivity (Wildman–Crippen MR) is 68.0 cm³/mol. The Morgan fingerprint density at radius 3 is 2.76 bits per heavy atom. The summed E-state index contributed by atoms with van der Waals surface area (Å²) in [6.45, 7) is 6.19. The fourth-order valence-electron chi connectivity index (χ4n) is 1.59. The zero-order chi connectivity index (χ0) is 12.5. The molecule has 17 heavy (non-hydrogen) atoms. The minimum absolute atomic E-state index is 0.568. The van der Waals surface area contributed by atoms with Crippen LogP contribution in [0.15, 0.2) is 30.6 Å². The van der Waals surface area contributed by atoms with Crippen LogP contribution in [0, 0.1) is 11.3 Å². The van der Waals surface area contributed by atoms with Gasteiger partial charge in [0.2, 0.25) is 0 Å². The van der Waals surface area contributed by atoms with E-state index < -0.39 is 14.4 Å². The molecule has 2 rings (SSSR count). The van der Waals surface area contributed by atoms with Crippen LogP contribution in [-0.2, 0) is 4.43 Å². The first-order chi connectivity index (χ1) is 7.99. The molecule has 1 unspecified atom stereocenters. The van der Waals surface area contributed by atoms with E-state index in [2.05, 4.69) is 30.7 Å². The summed E-state index contributed by atoms with van der Waals surface area (Å²) in [4.78, 5) is 4.41. The molecule has 0 radical (unpaired) electrons. The number of rotatable bonds is 3. The Morgan fingerprint density at radius 2 is 2.18 bits per heavy atom. The van der Waals surface area contributed by atoms with Gasteiger partial charge in [0, 0.05) is 12.4 Å². The normalized spacial score (nSPS) is 13.5. The van der Waals surface area contributed by atoms with Crippen LogP contribution in [0.25, 0.3) is 5.65 Å². The summed E-state index contributed by atoms with van der Waals surface area (Å²) in [6, 6.07) is 7.93. The van der Waals surface area contributed by atoms with Gasteiger partial charge in [-0.05, 0) is 31.8 Å². The SMILES string of the molecule is C[Si](C)(C)OC(C#N)c1cn2ccccc2n1. The Balaban J connectivity index is 2.34. The summed E-state index contributed by atoms with van der Waals surface area (Å²) in [5, 5.41) is 9.17. The van der Waals surface area contributed by atoms with E-state index in [0.717, 1.165) is 5.65 Å². The molecule has 5 heteroatoms. The predicted octanol–water partition coefficient (Wildman–Crippen LogP) is 2.75. The zero-order valence-corrected chi connectivity index (χ0v) is 11.2. The molecule has 2 heterocycles. The van der Waals surface area contributed by atoms with Gasteiger partial charge >= 0.3 is 0 Å². The van der Waals surface area contributed by atoms with Crippen molar-refractivity contribution < 1.29 is 4.43 Å². The van der Waals surface area contributed by atoms with E-state index >= 15 is 0 Å². The lowest BCUT2D eigenvalue weighted by molar-refractivity contribution is 0.251. The highest BCUT2D eigenvalue weighted by molar-refractivity contribution is 6.69. The maximum atomic E-state index is 9.17. The number of pyridine rings is 1. The van der Waals surface area contributed by atoms with E-state index in [1.165, 1.54) is 0 Å². The molecule has 0 aromatic carbocycles. The molecule has 0 amide bonds. The van der Waals surface area contributed by atoms with Crippen molar-refractivity contribution in [3.8, 4) is 6.07 Å². The molecule has 2 aromatic heterocycles. The molecule has 0 aliphatic carbocycles. The van der Waals surface area contributed by atoms with E-state index in [4.69, 9.17) is 9.69 Å². The average molecular weight is 245 g/mol. The Kier molecular flexibility index (Phi) is 3.00. The second kappa shape index (κ2) is 4.32. The van der Waals surface area contributed by atoms with Crippen molar-refractivity contribution in [1.82, 2.24) is 9.38 Å². The lowest BCUT2D eigenvalue weighted by Gasteiger charge is -2.20. The van der Waals surface area contributed by atoms with Crippen molar-refractivity contribution >= 4 is 14.0 Å². The molecular weight excluding hydrogens is 230 g/mol. The van der Waals surface area contributed by atoms with Crippen LogP contribution in [0.4, 0.5) is 0 Å². The van der Waals surface area contributed by atoms with Crippen LogP contribution < -0.4 is 0 Å². The number of imidazole rings is 1. The van der Waals surface area contributed by atoms with Gasteiger partial charge in [-0.25, -0.2) is 4.98 Å². The van der Waals surface area contributed by atoms with Gasteiger partial charge < -0.3 is 8.83 Å². The number of nitrogens with zero attached hydrogens (tertiary/aromatic N) is 3. The number of hydrogen-bond donors (Lipinski definition) is 0. The topological polar surface area (TPSA) is 50.3 Å². The molecule has 0 saturated heterocycles. The summed E-state index contributed by atoms with van der Waals surface area (Å²) in [6.07, 6.45) is 3.19. The highest BCUT2D eigenvalue weighted by Crippen LogP contribution is 2.21. The lowest BCUT2D eigenvalue weighted by atomic mass is 10.3. The summed E-state index contributed by atoms with van der Waals surface area (Å²) in [5.41, 5.74) is 1.52. The first kappa shape index (κ1) is 11.8. The zero-order valence-electron chi connectivity index (χ0n) is 10.2. The maximum Gasteiger partial charge on any atom is 0.186 e. The quantitative estimate of drug-likeness (QED) is 0.781. The second-order valence-corrected chi connectivity index (χ2v) is 9.33. The summed E-state index contributed by atoms with van der Waals surface area (Å²) < 4.78 is 7.70. The standard InChI is InChI=1S/C12H15N3OSi/c1-17(2,3)16-11(8-13)10-9-15-7-5-4-6-12(15)14-10/h4-7,9,11H,1-3H3. The summed E-state index contributed by atoms with van der Waals surface area (Å²) in [7, 11) is -1.74. The summed E-state index contributed by atoms with van der Waals surface area (Å²) >= 11 is 0. The van der Waals surface area contributed by atoms with Crippen LogP contribution in [-0.4, -0.2) is 17.7 Å². The molecule has 0 N–H and O–H groups in total. The Labute approximate surface area is 102 Å². The molecule has 88 valence electrons. The Morgan fingerprint density at radius 1 is 1.41 bits per heavy atom. The van der Waals surface area contributed by atoms with Crippen LogP contribution in [0.2, 0.25) is 19.6 Å². The highest BCUT2D eigenvalue weighted by Gasteiger charge is 2.24. The van der Waals surface area contributed by atoms with E-state index in [-0.39, 0.29) is 0 Å². The minimum atomic E-state index is -1.74. The van der Waals surface area contributed by atoms with E-state index in [1.54, 1.807) is 0 Å². The second-order valence-electron chi connectivity index (χ2n) is 4.87. The number of aromatic nitrogens is 2. The molecule has 0 bridgehead atoms. The van der Waals surface area contributed by atoms with E-state index in [9.17, 15) is 0 Å². The fourth-order valence-corrected chi connectivity index (χ4v) is 2.47. The highest BCUT2D eigenvalue weighted by atomic mass is 28.4. The van der Waals surface area contributed by atoms with Gasteiger partial charge in [-0.3, -0.25) is 0 Å². The van der Waals surface area contributed by atoms with Crippen LogP contribution >= 0.6 is 0 Å². The van der Waals surface area contributed by atoms with Crippen LogP contribution in [0.1, 0.15) is 11.8 Å². The lowest BCUT2D eigenvalue weighted by Crippen LogP contribution is -2.27. The van der Waals surface area contributed by atoms with Crippen molar-refractivity contribution in [2.45, 2.75) is 25.7 Å². The molecule has 0 aliphatic heterocycles. The Hall–Kier alpha value is -1.64. The van der Waals surface area contributed by atoms with Crippen molar-refractivity contribution in [3.63, 3.8) is 0 Å². The molecule has 0 fully saturated rings. The van der Waals surface area contributed by atoms with Crippen molar-refractivity contribution in [3.05, 3.63) is 36.3 Å². The van der Waals surface area contributed by atoms with Gasteiger partial charge in [-0.2, -0.15) is 5.26 Å². The van der Waals surface area contributed by atoms with Gasteiger partial charge in [0.1, 0.15) is 11.3 Å². The Bertz CT molecular complexity index is 532. The third kappa shape index (κ3) is 2.73. The smallest absolute Gasteiger partial charge is 0.186 e. The first-order valence-corrected chi connectivity index (χ1v) is 8.91. The molecule has 2 aromatic rings. The molecule has 0 saturated carbocycles. The van der Waals surface area contributed by atoms with Gasteiger partial charge in [0.15, 0.2) is 14.4 Å². The third-order valence-electron chi connectivity index (χ3n) is 2.24.